The van der Waals surface area contributed by atoms with Crippen LogP contribution in [0, 0.1) is 0 Å². The molecule has 0 aromatic heterocycles. The van der Waals surface area contributed by atoms with Gasteiger partial charge in [0.15, 0.2) is 0 Å². The molecule has 92 valence electrons. The van der Waals surface area contributed by atoms with Gasteiger partial charge in [-0.05, 0) is 24.1 Å². The smallest absolute Gasteiger partial charge is 0.138 e. The standard InChI is InChI=1S/C16H17NO/c1-2-8-14(13-9-4-3-5-10-13)17-15-11-6-7-12-16(15)18/h2-7,9-12,14,17-18H,1,8H2/t14-/m1/s1. The molecule has 2 nitrogen and oxygen atoms in total. The van der Waals surface area contributed by atoms with Crippen LogP contribution < -0.4 is 5.32 Å². The molecule has 2 aromatic rings. The molecule has 2 N–H and O–H groups in total. The number of hydrogen-bond donors (Lipinski definition) is 2. The maximum atomic E-state index is 9.79. The van der Waals surface area contributed by atoms with E-state index in [2.05, 4.69) is 24.0 Å². The number of phenols is 1. The van der Waals surface area contributed by atoms with Gasteiger partial charge in [-0.3, -0.25) is 0 Å². The molecule has 0 heterocycles. The molecule has 2 heteroatoms. The van der Waals surface area contributed by atoms with Gasteiger partial charge in [0, 0.05) is 0 Å². The van der Waals surface area contributed by atoms with Crippen LogP contribution in [0.1, 0.15) is 18.0 Å². The van der Waals surface area contributed by atoms with Crippen LogP contribution >= 0.6 is 0 Å². The van der Waals surface area contributed by atoms with Crippen molar-refractivity contribution in [3.05, 3.63) is 72.8 Å². The van der Waals surface area contributed by atoms with Gasteiger partial charge in [0.05, 0.1) is 11.7 Å². The number of hydrogen-bond acceptors (Lipinski definition) is 2. The van der Waals surface area contributed by atoms with Crippen LogP contribution in [0.3, 0.4) is 0 Å². The van der Waals surface area contributed by atoms with Gasteiger partial charge in [-0.15, -0.1) is 6.58 Å². The molecule has 0 unspecified atom stereocenters. The van der Waals surface area contributed by atoms with Crippen LogP contribution in [0.5, 0.6) is 5.75 Å². The lowest BCUT2D eigenvalue weighted by atomic mass is 10.0. The van der Waals surface area contributed by atoms with E-state index in [4.69, 9.17) is 0 Å². The lowest BCUT2D eigenvalue weighted by molar-refractivity contribution is 0.476. The average molecular weight is 239 g/mol. The minimum Gasteiger partial charge on any atom is -0.506 e. The quantitative estimate of drug-likeness (QED) is 0.607. The van der Waals surface area contributed by atoms with Crippen molar-refractivity contribution < 1.29 is 5.11 Å². The molecule has 0 bridgehead atoms. The fourth-order valence-corrected chi connectivity index (χ4v) is 1.91. The summed E-state index contributed by atoms with van der Waals surface area (Å²) in [6, 6.07) is 17.5. The van der Waals surface area contributed by atoms with Crippen LogP contribution in [0.15, 0.2) is 67.3 Å². The van der Waals surface area contributed by atoms with Crippen molar-refractivity contribution >= 4 is 5.69 Å². The van der Waals surface area contributed by atoms with Gasteiger partial charge in [0.2, 0.25) is 0 Å². The molecular formula is C16H17NO. The summed E-state index contributed by atoms with van der Waals surface area (Å²) in [6.45, 7) is 3.79. The van der Waals surface area contributed by atoms with Gasteiger partial charge >= 0.3 is 0 Å². The Kier molecular flexibility index (Phi) is 4.02. The summed E-state index contributed by atoms with van der Waals surface area (Å²) in [5.41, 5.74) is 1.92. The van der Waals surface area contributed by atoms with E-state index in [9.17, 15) is 5.11 Å². The third kappa shape index (κ3) is 2.92. The fourth-order valence-electron chi connectivity index (χ4n) is 1.91. The van der Waals surface area contributed by atoms with Crippen LogP contribution in [0.4, 0.5) is 5.69 Å². The Morgan fingerprint density at radius 3 is 2.39 bits per heavy atom. The Balaban J connectivity index is 2.22. The van der Waals surface area contributed by atoms with Gasteiger partial charge < -0.3 is 10.4 Å². The fraction of sp³-hybridized carbons (Fsp3) is 0.125. The lowest BCUT2D eigenvalue weighted by Gasteiger charge is -2.19. The number of anilines is 1. The number of rotatable bonds is 5. The van der Waals surface area contributed by atoms with Gasteiger partial charge in [-0.2, -0.15) is 0 Å². The first-order valence-electron chi connectivity index (χ1n) is 6.01. The van der Waals surface area contributed by atoms with Crippen molar-refractivity contribution in [2.75, 3.05) is 5.32 Å². The predicted octanol–water partition coefficient (Wildman–Crippen LogP) is 4.12. The van der Waals surface area contributed by atoms with E-state index in [1.807, 2.05) is 42.5 Å². The molecule has 0 spiro atoms. The molecule has 0 aliphatic carbocycles. The molecule has 0 radical (unpaired) electrons. The van der Waals surface area contributed by atoms with E-state index in [0.717, 1.165) is 12.1 Å². The van der Waals surface area contributed by atoms with Gasteiger partial charge in [-0.25, -0.2) is 0 Å². The molecule has 0 saturated carbocycles. The summed E-state index contributed by atoms with van der Waals surface area (Å²) in [7, 11) is 0. The highest BCUT2D eigenvalue weighted by atomic mass is 16.3. The number of aromatic hydroxyl groups is 1. The first-order valence-corrected chi connectivity index (χ1v) is 6.01. The van der Waals surface area contributed by atoms with Crippen LogP contribution in [-0.2, 0) is 0 Å². The topological polar surface area (TPSA) is 32.3 Å². The maximum absolute atomic E-state index is 9.79. The second-order valence-corrected chi connectivity index (χ2v) is 4.15. The monoisotopic (exact) mass is 239 g/mol. The van der Waals surface area contributed by atoms with Gasteiger partial charge in [0.1, 0.15) is 5.75 Å². The normalized spacial score (nSPS) is 11.8. The molecular weight excluding hydrogens is 222 g/mol. The Labute approximate surface area is 108 Å². The van der Waals surface area contributed by atoms with E-state index in [0.29, 0.717) is 0 Å². The summed E-state index contributed by atoms with van der Waals surface area (Å²) in [6.07, 6.45) is 2.68. The SMILES string of the molecule is C=CC[C@@H](Nc1ccccc1O)c1ccccc1. The summed E-state index contributed by atoms with van der Waals surface area (Å²) >= 11 is 0. The first-order chi connectivity index (χ1) is 8.81. The molecule has 1 atom stereocenters. The molecule has 2 aromatic carbocycles. The van der Waals surface area contributed by atoms with Crippen molar-refractivity contribution in [3.63, 3.8) is 0 Å². The van der Waals surface area contributed by atoms with Crippen molar-refractivity contribution in [1.29, 1.82) is 0 Å². The van der Waals surface area contributed by atoms with E-state index in [1.54, 1.807) is 6.07 Å². The van der Waals surface area contributed by atoms with Crippen LogP contribution in [0.2, 0.25) is 0 Å². The number of para-hydroxylation sites is 2. The van der Waals surface area contributed by atoms with Gasteiger partial charge in [0.25, 0.3) is 0 Å². The first kappa shape index (κ1) is 12.2. The summed E-state index contributed by atoms with van der Waals surface area (Å²) in [5, 5.41) is 13.1. The Hall–Kier alpha value is -2.22. The highest BCUT2D eigenvalue weighted by Gasteiger charge is 2.10. The largest absolute Gasteiger partial charge is 0.506 e. The van der Waals surface area contributed by atoms with E-state index >= 15 is 0 Å². The zero-order valence-corrected chi connectivity index (χ0v) is 10.2. The van der Waals surface area contributed by atoms with Crippen molar-refractivity contribution in [2.24, 2.45) is 0 Å². The molecule has 0 amide bonds. The lowest BCUT2D eigenvalue weighted by Crippen LogP contribution is -2.09. The average Bonchev–Trinajstić information content (AvgIpc) is 2.42. The minimum absolute atomic E-state index is 0.122. The zero-order chi connectivity index (χ0) is 12.8. The van der Waals surface area contributed by atoms with Crippen molar-refractivity contribution in [1.82, 2.24) is 0 Å². The Morgan fingerprint density at radius 2 is 1.72 bits per heavy atom. The van der Waals surface area contributed by atoms with Crippen molar-refractivity contribution in [3.8, 4) is 5.75 Å². The van der Waals surface area contributed by atoms with Crippen molar-refractivity contribution in [2.45, 2.75) is 12.5 Å². The van der Waals surface area contributed by atoms with E-state index < -0.39 is 0 Å². The number of benzene rings is 2. The van der Waals surface area contributed by atoms with E-state index in [-0.39, 0.29) is 11.8 Å². The molecule has 2 rings (SSSR count). The van der Waals surface area contributed by atoms with Crippen LogP contribution in [0.25, 0.3) is 0 Å². The summed E-state index contributed by atoms with van der Waals surface area (Å²) in [4.78, 5) is 0. The molecule has 0 fully saturated rings. The Morgan fingerprint density at radius 1 is 1.06 bits per heavy atom. The summed E-state index contributed by atoms with van der Waals surface area (Å²) in [5.74, 6) is 0.266. The maximum Gasteiger partial charge on any atom is 0.138 e. The second-order valence-electron chi connectivity index (χ2n) is 4.15. The van der Waals surface area contributed by atoms with E-state index in [1.165, 1.54) is 5.56 Å². The third-order valence-corrected chi connectivity index (χ3v) is 2.84. The number of nitrogens with one attached hydrogen (secondary N) is 1. The number of phenolic OH excluding ortho intramolecular Hbond substituents is 1. The Bertz CT molecular complexity index is 508. The second kappa shape index (κ2) is 5.92. The molecule has 0 aliphatic heterocycles. The van der Waals surface area contributed by atoms with Gasteiger partial charge in [-0.1, -0.05) is 48.5 Å². The third-order valence-electron chi connectivity index (χ3n) is 2.84. The molecule has 18 heavy (non-hydrogen) atoms. The summed E-state index contributed by atoms with van der Waals surface area (Å²) < 4.78 is 0. The zero-order valence-electron chi connectivity index (χ0n) is 10.2. The molecule has 0 aliphatic rings. The highest BCUT2D eigenvalue weighted by Crippen LogP contribution is 2.28. The highest BCUT2D eigenvalue weighted by molar-refractivity contribution is 5.56. The minimum atomic E-state index is 0.122. The van der Waals surface area contributed by atoms with Crippen LogP contribution in [-0.4, -0.2) is 5.11 Å². The predicted molar refractivity (Wildman–Crippen MR) is 75.7 cm³/mol. The molecule has 0 saturated heterocycles.